The number of nitrogen functional groups attached to an aromatic ring is 1. The SMILES string of the molecule is CCCCOc1ccc(Cc2nc(N)c(N=Nc3ccc([N+](=O)[O-])cc3C(F)(F)F)c(C)c2C#N)cc1. The van der Waals surface area contributed by atoms with Crippen molar-refractivity contribution in [3.63, 3.8) is 0 Å². The molecule has 0 atom stereocenters. The van der Waals surface area contributed by atoms with Crippen LogP contribution in [-0.4, -0.2) is 16.5 Å². The van der Waals surface area contributed by atoms with Gasteiger partial charge in [0.05, 0.1) is 34.0 Å². The second kappa shape index (κ2) is 11.5. The number of alkyl halides is 3. The second-order valence-corrected chi connectivity index (χ2v) is 8.08. The fourth-order valence-electron chi connectivity index (χ4n) is 3.47. The summed E-state index contributed by atoms with van der Waals surface area (Å²) in [5, 5.41) is 28.1. The molecule has 3 rings (SSSR count). The second-order valence-electron chi connectivity index (χ2n) is 8.08. The number of halogens is 3. The molecule has 0 unspecified atom stereocenters. The molecule has 0 radical (unpaired) electrons. The summed E-state index contributed by atoms with van der Waals surface area (Å²) in [4.78, 5) is 14.2. The number of anilines is 1. The molecule has 0 aliphatic carbocycles. The van der Waals surface area contributed by atoms with Gasteiger partial charge in [0.2, 0.25) is 0 Å². The maximum absolute atomic E-state index is 13.4. The van der Waals surface area contributed by atoms with Gasteiger partial charge in [0.25, 0.3) is 5.69 Å². The first-order chi connectivity index (χ1) is 17.5. The van der Waals surface area contributed by atoms with Gasteiger partial charge in [0, 0.05) is 18.6 Å². The van der Waals surface area contributed by atoms with Crippen LogP contribution >= 0.6 is 0 Å². The Labute approximate surface area is 210 Å². The Morgan fingerprint density at radius 1 is 1.19 bits per heavy atom. The fourth-order valence-corrected chi connectivity index (χ4v) is 3.47. The topological polar surface area (TPSA) is 140 Å². The number of aromatic nitrogens is 1. The van der Waals surface area contributed by atoms with Gasteiger partial charge in [0.15, 0.2) is 5.82 Å². The highest BCUT2D eigenvalue weighted by Crippen LogP contribution is 2.40. The summed E-state index contributed by atoms with van der Waals surface area (Å²) >= 11 is 0. The summed E-state index contributed by atoms with van der Waals surface area (Å²) in [5.41, 5.74) is 4.97. The third kappa shape index (κ3) is 6.58. The summed E-state index contributed by atoms with van der Waals surface area (Å²) in [5.74, 6) is 0.604. The van der Waals surface area contributed by atoms with Crippen LogP contribution in [0.25, 0.3) is 0 Å². The van der Waals surface area contributed by atoms with Crippen LogP contribution in [0.4, 0.5) is 36.1 Å². The normalized spacial score (nSPS) is 11.5. The smallest absolute Gasteiger partial charge is 0.418 e. The Kier molecular flexibility index (Phi) is 8.39. The summed E-state index contributed by atoms with van der Waals surface area (Å²) in [7, 11) is 0. The van der Waals surface area contributed by atoms with E-state index in [1.807, 2.05) is 24.3 Å². The molecule has 2 N–H and O–H groups in total. The lowest BCUT2D eigenvalue weighted by molar-refractivity contribution is -0.385. The van der Waals surface area contributed by atoms with Gasteiger partial charge in [-0.25, -0.2) is 4.98 Å². The number of unbranched alkanes of at least 4 members (excludes halogenated alkanes) is 1. The van der Waals surface area contributed by atoms with E-state index in [9.17, 15) is 28.5 Å². The summed E-state index contributed by atoms with van der Waals surface area (Å²) in [6.07, 6.45) is -2.66. The number of hydrogen-bond acceptors (Lipinski definition) is 8. The molecule has 37 heavy (non-hydrogen) atoms. The van der Waals surface area contributed by atoms with Gasteiger partial charge in [-0.2, -0.15) is 18.4 Å². The highest BCUT2D eigenvalue weighted by molar-refractivity contribution is 5.68. The van der Waals surface area contributed by atoms with Crippen molar-refractivity contribution in [2.75, 3.05) is 12.3 Å². The zero-order valence-corrected chi connectivity index (χ0v) is 20.0. The first kappa shape index (κ1) is 27.1. The lowest BCUT2D eigenvalue weighted by Crippen LogP contribution is -2.06. The lowest BCUT2D eigenvalue weighted by atomic mass is 10.0. The minimum absolute atomic E-state index is 0.0635. The molecule has 0 spiro atoms. The Hall–Kier alpha value is -4.53. The number of ether oxygens (including phenoxy) is 1. The zero-order chi connectivity index (χ0) is 27.2. The molecule has 1 aromatic heterocycles. The molecule has 0 aliphatic rings. The van der Waals surface area contributed by atoms with Crippen LogP contribution in [0.2, 0.25) is 0 Å². The van der Waals surface area contributed by atoms with E-state index < -0.39 is 28.0 Å². The zero-order valence-electron chi connectivity index (χ0n) is 20.0. The number of pyridine rings is 1. The molecule has 2 aromatic carbocycles. The number of nitrogens with zero attached hydrogens (tertiary/aromatic N) is 5. The Balaban J connectivity index is 1.92. The van der Waals surface area contributed by atoms with Crippen molar-refractivity contribution in [3.05, 3.63) is 80.5 Å². The van der Waals surface area contributed by atoms with Crippen molar-refractivity contribution in [1.29, 1.82) is 5.26 Å². The quantitative estimate of drug-likeness (QED) is 0.142. The van der Waals surface area contributed by atoms with E-state index in [-0.39, 0.29) is 23.5 Å². The number of non-ortho nitro benzene ring substituents is 1. The summed E-state index contributed by atoms with van der Waals surface area (Å²) in [6.45, 7) is 4.23. The number of nitro groups is 1. The molecule has 192 valence electrons. The van der Waals surface area contributed by atoms with Crippen molar-refractivity contribution in [1.82, 2.24) is 4.98 Å². The predicted octanol–water partition coefficient (Wildman–Crippen LogP) is 6.96. The molecule has 3 aromatic rings. The van der Waals surface area contributed by atoms with Crippen molar-refractivity contribution in [3.8, 4) is 11.8 Å². The molecular weight excluding hydrogens is 489 g/mol. The molecule has 0 amide bonds. The van der Waals surface area contributed by atoms with Gasteiger partial charge in [-0.15, -0.1) is 10.2 Å². The van der Waals surface area contributed by atoms with Gasteiger partial charge in [-0.3, -0.25) is 10.1 Å². The van der Waals surface area contributed by atoms with E-state index in [1.54, 1.807) is 6.92 Å². The highest BCUT2D eigenvalue weighted by Gasteiger charge is 2.35. The van der Waals surface area contributed by atoms with Crippen LogP contribution in [0.5, 0.6) is 5.75 Å². The number of benzene rings is 2. The average molecular weight is 512 g/mol. The van der Waals surface area contributed by atoms with Crippen LogP contribution in [0.3, 0.4) is 0 Å². The van der Waals surface area contributed by atoms with Crippen molar-refractivity contribution in [2.45, 2.75) is 39.3 Å². The van der Waals surface area contributed by atoms with Gasteiger partial charge in [-0.1, -0.05) is 25.5 Å². The molecular formula is C25H23F3N6O3. The van der Waals surface area contributed by atoms with Gasteiger partial charge in [-0.05, 0) is 42.7 Å². The van der Waals surface area contributed by atoms with E-state index in [4.69, 9.17) is 10.5 Å². The lowest BCUT2D eigenvalue weighted by Gasteiger charge is -2.12. The molecule has 0 saturated heterocycles. The molecule has 0 aliphatic heterocycles. The van der Waals surface area contributed by atoms with Crippen LogP contribution in [0.15, 0.2) is 52.7 Å². The first-order valence-electron chi connectivity index (χ1n) is 11.2. The summed E-state index contributed by atoms with van der Waals surface area (Å²) < 4.78 is 46.0. The van der Waals surface area contributed by atoms with Crippen LogP contribution in [0.1, 0.15) is 47.7 Å². The van der Waals surface area contributed by atoms with Crippen molar-refractivity contribution < 1.29 is 22.8 Å². The molecule has 0 fully saturated rings. The largest absolute Gasteiger partial charge is 0.494 e. The van der Waals surface area contributed by atoms with Crippen molar-refractivity contribution >= 4 is 22.9 Å². The minimum atomic E-state index is -4.91. The third-order valence-electron chi connectivity index (χ3n) is 5.44. The number of nitro benzene ring substituents is 1. The molecule has 9 nitrogen and oxygen atoms in total. The van der Waals surface area contributed by atoms with Gasteiger partial charge in [0.1, 0.15) is 17.5 Å². The summed E-state index contributed by atoms with van der Waals surface area (Å²) in [6, 6.07) is 11.5. The Bertz CT molecular complexity index is 1370. The monoisotopic (exact) mass is 512 g/mol. The van der Waals surface area contributed by atoms with E-state index in [2.05, 4.69) is 28.2 Å². The number of hydrogen-bond donors (Lipinski definition) is 1. The van der Waals surface area contributed by atoms with Crippen LogP contribution in [0, 0.1) is 28.4 Å². The van der Waals surface area contributed by atoms with Crippen LogP contribution < -0.4 is 10.5 Å². The third-order valence-corrected chi connectivity index (χ3v) is 5.44. The number of azo groups is 1. The standard InChI is InChI=1S/C25H23F3N6O3/c1-3-4-11-37-18-8-5-16(6-9-18)12-22-19(14-29)15(2)23(24(30)31-22)33-32-21-10-7-17(34(35)36)13-20(21)25(26,27)28/h5-10,13H,3-4,11-12H2,1-2H3,(H2,30,31). The number of rotatable bonds is 9. The number of nitriles is 1. The maximum Gasteiger partial charge on any atom is 0.418 e. The Morgan fingerprint density at radius 2 is 1.89 bits per heavy atom. The molecule has 0 saturated carbocycles. The van der Waals surface area contributed by atoms with E-state index in [0.29, 0.717) is 23.9 Å². The average Bonchev–Trinajstić information content (AvgIpc) is 2.84. The molecule has 12 heteroatoms. The molecule has 0 bridgehead atoms. The predicted molar refractivity (Wildman–Crippen MR) is 130 cm³/mol. The van der Waals surface area contributed by atoms with Gasteiger partial charge >= 0.3 is 6.18 Å². The van der Waals surface area contributed by atoms with E-state index in [1.165, 1.54) is 0 Å². The maximum atomic E-state index is 13.4. The first-order valence-corrected chi connectivity index (χ1v) is 11.2. The van der Waals surface area contributed by atoms with E-state index in [0.717, 1.165) is 36.3 Å². The fraction of sp³-hybridized carbons (Fsp3) is 0.280. The van der Waals surface area contributed by atoms with Crippen LogP contribution in [-0.2, 0) is 12.6 Å². The van der Waals surface area contributed by atoms with Gasteiger partial charge < -0.3 is 10.5 Å². The minimum Gasteiger partial charge on any atom is -0.494 e. The highest BCUT2D eigenvalue weighted by atomic mass is 19.4. The molecule has 1 heterocycles. The van der Waals surface area contributed by atoms with E-state index >= 15 is 0 Å². The number of nitrogens with two attached hydrogens (primary N) is 1. The Morgan fingerprint density at radius 3 is 2.49 bits per heavy atom. The van der Waals surface area contributed by atoms with Crippen molar-refractivity contribution in [2.24, 2.45) is 10.2 Å².